The Balaban J connectivity index is 1.20. The van der Waals surface area contributed by atoms with Crippen LogP contribution in [0.1, 0.15) is 57.2 Å². The third kappa shape index (κ3) is 3.43. The fourth-order valence-electron chi connectivity index (χ4n) is 9.11. The third-order valence-electron chi connectivity index (χ3n) is 11.0. The van der Waals surface area contributed by atoms with E-state index in [1.54, 1.807) is 35.3 Å². The van der Waals surface area contributed by atoms with Crippen molar-refractivity contribution >= 4 is 11.9 Å². The Morgan fingerprint density at radius 1 is 1.18 bits per heavy atom. The first-order chi connectivity index (χ1) is 18.6. The van der Waals surface area contributed by atoms with Gasteiger partial charge in [-0.25, -0.2) is 9.07 Å². The predicted octanol–water partition coefficient (Wildman–Crippen LogP) is 4.36. The topological polar surface area (TPSA) is 93.2 Å². The molecule has 1 aromatic carbocycles. The van der Waals surface area contributed by atoms with Gasteiger partial charge in [-0.2, -0.15) is 10.2 Å². The van der Waals surface area contributed by atoms with Crippen molar-refractivity contribution in [2.24, 2.45) is 28.6 Å². The highest BCUT2D eigenvalue weighted by molar-refractivity contribution is 5.88. The largest absolute Gasteiger partial charge is 0.393 e. The molecule has 0 bridgehead atoms. The van der Waals surface area contributed by atoms with Crippen LogP contribution in [0, 0.1) is 34.4 Å². The van der Waals surface area contributed by atoms with Gasteiger partial charge in [0.25, 0.3) is 0 Å². The maximum Gasteiger partial charge on any atom is 0.186 e. The van der Waals surface area contributed by atoms with Crippen LogP contribution >= 0.6 is 0 Å². The number of hydrogen-bond acceptors (Lipinski definition) is 5. The summed E-state index contributed by atoms with van der Waals surface area (Å²) in [5, 5.41) is 32.6. The van der Waals surface area contributed by atoms with Gasteiger partial charge in [0.05, 0.1) is 23.7 Å². The molecule has 0 amide bonds. The molecular weight excluding hydrogens is 495 g/mol. The van der Waals surface area contributed by atoms with Crippen LogP contribution in [0.15, 0.2) is 54.5 Å². The van der Waals surface area contributed by atoms with Crippen molar-refractivity contribution in [2.75, 3.05) is 0 Å². The monoisotopic (exact) mass is 530 g/mol. The van der Waals surface area contributed by atoms with Crippen molar-refractivity contribution in [3.63, 3.8) is 0 Å². The molecule has 2 aromatic heterocycles. The number of halogens is 1. The van der Waals surface area contributed by atoms with Crippen molar-refractivity contribution in [3.8, 4) is 5.69 Å². The number of Topliss-reactive ketones (excluding diaryl/α,β-unsaturated/α-hetero) is 1. The molecule has 3 aromatic rings. The minimum Gasteiger partial charge on any atom is -0.393 e. The number of ketones is 1. The van der Waals surface area contributed by atoms with Crippen LogP contribution in [0.4, 0.5) is 4.39 Å². The Morgan fingerprint density at radius 3 is 2.72 bits per heavy atom. The Labute approximate surface area is 227 Å². The lowest BCUT2D eigenvalue weighted by Crippen LogP contribution is -2.62. The van der Waals surface area contributed by atoms with Gasteiger partial charge < -0.3 is 10.2 Å². The number of rotatable bonds is 4. The van der Waals surface area contributed by atoms with Gasteiger partial charge in [-0.1, -0.05) is 19.4 Å². The Kier molecular flexibility index (Phi) is 5.40. The van der Waals surface area contributed by atoms with Crippen molar-refractivity contribution in [1.29, 1.82) is 0 Å². The van der Waals surface area contributed by atoms with Crippen LogP contribution in [0.5, 0.6) is 0 Å². The van der Waals surface area contributed by atoms with Gasteiger partial charge in [0.1, 0.15) is 18.0 Å². The van der Waals surface area contributed by atoms with Gasteiger partial charge in [0, 0.05) is 17.8 Å². The van der Waals surface area contributed by atoms with Crippen molar-refractivity contribution in [3.05, 3.63) is 71.6 Å². The number of allylic oxidation sites excluding steroid dienone is 1. The number of hydrogen-bond donors (Lipinski definition) is 2. The Morgan fingerprint density at radius 2 is 1.97 bits per heavy atom. The number of aliphatic hydroxyl groups excluding tert-OH is 1. The highest BCUT2D eigenvalue weighted by atomic mass is 19.1. The Hall–Kier alpha value is -3.10. The van der Waals surface area contributed by atoms with Gasteiger partial charge in [-0.05, 0) is 104 Å². The van der Waals surface area contributed by atoms with E-state index in [9.17, 15) is 19.4 Å². The molecule has 0 aliphatic heterocycles. The van der Waals surface area contributed by atoms with Crippen LogP contribution in [0.2, 0.25) is 0 Å². The second-order valence-corrected chi connectivity index (χ2v) is 12.8. The summed E-state index contributed by atoms with van der Waals surface area (Å²) in [4.78, 5) is 13.5. The first-order valence-corrected chi connectivity index (χ1v) is 14.1. The fraction of sp³-hybridized carbons (Fsp3) is 0.516. The number of carbonyl (C=O) groups excluding carboxylic acids is 1. The number of nitrogens with zero attached hydrogens (tertiary/aromatic N) is 4. The molecule has 3 unspecified atom stereocenters. The van der Waals surface area contributed by atoms with Crippen molar-refractivity contribution in [1.82, 2.24) is 19.6 Å². The first kappa shape index (κ1) is 24.9. The summed E-state index contributed by atoms with van der Waals surface area (Å²) in [6, 6.07) is 8.16. The van der Waals surface area contributed by atoms with Crippen LogP contribution in [-0.4, -0.2) is 47.3 Å². The average molecular weight is 531 g/mol. The van der Waals surface area contributed by atoms with Crippen LogP contribution in [0.3, 0.4) is 0 Å². The van der Waals surface area contributed by atoms with Crippen LogP contribution < -0.4 is 0 Å². The summed E-state index contributed by atoms with van der Waals surface area (Å²) in [5.41, 5.74) is 1.93. The number of benzene rings is 1. The first-order valence-electron chi connectivity index (χ1n) is 14.1. The molecule has 7 rings (SSSR count). The van der Waals surface area contributed by atoms with Crippen molar-refractivity contribution in [2.45, 2.75) is 70.6 Å². The molecule has 2 N–H and O–H groups in total. The number of aliphatic hydroxyl groups is 2. The summed E-state index contributed by atoms with van der Waals surface area (Å²) in [5.74, 6) is -0.0500. The van der Waals surface area contributed by atoms with E-state index in [0.717, 1.165) is 42.6 Å². The lowest BCUT2D eigenvalue weighted by Gasteiger charge is -2.60. The summed E-state index contributed by atoms with van der Waals surface area (Å²) in [6.07, 6.45) is 11.1. The van der Waals surface area contributed by atoms with Gasteiger partial charge >= 0.3 is 0 Å². The molecule has 0 spiro atoms. The lowest BCUT2D eigenvalue weighted by molar-refractivity contribution is -0.180. The van der Waals surface area contributed by atoms with E-state index in [1.807, 2.05) is 17.8 Å². The van der Waals surface area contributed by atoms with E-state index >= 15 is 0 Å². The standard InChI is InChI=1S/C31H35FN4O3/c1-29-15-19-17-34-36(22-7-5-21(32)6-8-22)25(19)14-20(29)4-9-23-24-10-11-31(39,27(38)18-35-13-3-12-33-35)30(24,2)16-26(37)28(23)29/h3,5-8,12-14,17,23-24,26,28,37,39H,4,9-11,15-16,18H2,1-2H3/t23?,24?,26-,28?,29-,30-,31-/m0/s1. The highest BCUT2D eigenvalue weighted by Gasteiger charge is 2.68. The normalized spacial score (nSPS) is 36.9. The van der Waals surface area contributed by atoms with E-state index < -0.39 is 17.1 Å². The quantitative estimate of drug-likeness (QED) is 0.523. The molecular formula is C31H35FN4O3. The third-order valence-corrected chi connectivity index (χ3v) is 11.0. The summed E-state index contributed by atoms with van der Waals surface area (Å²) < 4.78 is 17.0. The minimum absolute atomic E-state index is 0.0430. The lowest BCUT2D eigenvalue weighted by atomic mass is 9.45. The second kappa shape index (κ2) is 8.45. The van der Waals surface area contributed by atoms with E-state index in [4.69, 9.17) is 0 Å². The van der Waals surface area contributed by atoms with Crippen LogP contribution in [-0.2, 0) is 17.8 Å². The molecule has 0 saturated heterocycles. The predicted molar refractivity (Wildman–Crippen MR) is 143 cm³/mol. The van der Waals surface area contributed by atoms with Crippen LogP contribution in [0.25, 0.3) is 11.8 Å². The molecule has 8 heteroatoms. The van der Waals surface area contributed by atoms with E-state index in [2.05, 4.69) is 23.2 Å². The molecule has 4 aliphatic carbocycles. The minimum atomic E-state index is -1.47. The van der Waals surface area contributed by atoms with Gasteiger partial charge in [-0.3, -0.25) is 9.48 Å². The molecule has 3 fully saturated rings. The van der Waals surface area contributed by atoms with E-state index in [1.165, 1.54) is 17.7 Å². The number of fused-ring (bicyclic) bond motifs is 6. The summed E-state index contributed by atoms with van der Waals surface area (Å²) >= 11 is 0. The van der Waals surface area contributed by atoms with Gasteiger partial charge in [-0.15, -0.1) is 0 Å². The molecule has 0 radical (unpaired) electrons. The summed E-state index contributed by atoms with van der Waals surface area (Å²) in [6.45, 7) is 4.36. The maximum atomic E-state index is 13.5. The SMILES string of the molecule is C[C@]12Cc3cnn(-c4ccc(F)cc4)c3C=C1CCC1C2[C@@H](O)C[C@@]2(C)C1CC[C@]2(O)C(=O)Cn1cccn1. The molecule has 39 heavy (non-hydrogen) atoms. The smallest absolute Gasteiger partial charge is 0.186 e. The second-order valence-electron chi connectivity index (χ2n) is 12.8. The number of carbonyl (C=O) groups is 1. The molecule has 7 nitrogen and oxygen atoms in total. The van der Waals surface area contributed by atoms with Gasteiger partial charge in [0.2, 0.25) is 0 Å². The number of aromatic nitrogens is 4. The van der Waals surface area contributed by atoms with Crippen molar-refractivity contribution < 1.29 is 19.4 Å². The Bertz CT molecular complexity index is 1460. The average Bonchev–Trinajstić information content (AvgIpc) is 3.61. The molecule has 2 heterocycles. The zero-order valence-electron chi connectivity index (χ0n) is 22.4. The molecule has 7 atom stereocenters. The van der Waals surface area contributed by atoms with E-state index in [-0.39, 0.29) is 41.3 Å². The van der Waals surface area contributed by atoms with E-state index in [0.29, 0.717) is 12.8 Å². The zero-order chi connectivity index (χ0) is 27.2. The summed E-state index contributed by atoms with van der Waals surface area (Å²) in [7, 11) is 0. The molecule has 204 valence electrons. The molecule has 3 saturated carbocycles. The molecule has 4 aliphatic rings. The highest BCUT2D eigenvalue weighted by Crippen LogP contribution is 2.67. The fourth-order valence-corrected chi connectivity index (χ4v) is 9.11. The zero-order valence-corrected chi connectivity index (χ0v) is 22.4. The van der Waals surface area contributed by atoms with Gasteiger partial charge in [0.15, 0.2) is 5.78 Å². The maximum absolute atomic E-state index is 13.5.